The number of guanidine groups is 1. The Morgan fingerprint density at radius 1 is 1.13 bits per heavy atom. The number of benzene rings is 1. The Kier molecular flexibility index (Phi) is 10.3. The van der Waals surface area contributed by atoms with Crippen LogP contribution in [0.2, 0.25) is 0 Å². The van der Waals surface area contributed by atoms with Crippen LogP contribution in [0.3, 0.4) is 0 Å². The van der Waals surface area contributed by atoms with Crippen molar-refractivity contribution < 1.29 is 19.5 Å². The molecular weight excluding hydrogens is 388 g/mol. The summed E-state index contributed by atoms with van der Waals surface area (Å²) < 4.78 is 0. The van der Waals surface area contributed by atoms with Crippen molar-refractivity contribution in [3.05, 3.63) is 29.8 Å². The number of carbonyl (C=O) groups is 3. The SMILES string of the molecule is CC(C)[C@H](NC(=O)[C@@H](N)Cc1ccc(O)cc1)C(=O)N[C@H](C=O)CCCN=C(N)N. The topological polar surface area (TPSA) is 186 Å². The maximum absolute atomic E-state index is 12.6. The minimum atomic E-state index is -0.870. The van der Waals surface area contributed by atoms with Crippen molar-refractivity contribution in [2.75, 3.05) is 6.54 Å². The van der Waals surface area contributed by atoms with Crippen LogP contribution in [-0.2, 0) is 20.8 Å². The average molecular weight is 421 g/mol. The van der Waals surface area contributed by atoms with E-state index in [0.717, 1.165) is 5.56 Å². The zero-order valence-electron chi connectivity index (χ0n) is 17.4. The van der Waals surface area contributed by atoms with Gasteiger partial charge >= 0.3 is 0 Å². The standard InChI is InChI=1S/C20H32N6O4/c1-12(2)17(19(30)25-14(11-27)4-3-9-24-20(22)23)26-18(29)16(21)10-13-5-7-15(28)8-6-13/h5-8,11-12,14,16-17,28H,3-4,9-10,21H2,1-2H3,(H,25,30)(H,26,29)(H4,22,23,24)/t14-,16-,17-/m0/s1. The number of amides is 2. The van der Waals surface area contributed by atoms with Crippen molar-refractivity contribution in [2.45, 2.75) is 51.2 Å². The van der Waals surface area contributed by atoms with Crippen molar-refractivity contribution in [1.29, 1.82) is 0 Å². The van der Waals surface area contributed by atoms with Gasteiger partial charge in [0, 0.05) is 6.54 Å². The Hall–Kier alpha value is -3.14. The van der Waals surface area contributed by atoms with E-state index in [1.54, 1.807) is 26.0 Å². The van der Waals surface area contributed by atoms with Gasteiger partial charge in [-0.2, -0.15) is 0 Å². The molecule has 10 nitrogen and oxygen atoms in total. The van der Waals surface area contributed by atoms with Crippen LogP contribution in [0.25, 0.3) is 0 Å². The molecule has 166 valence electrons. The Morgan fingerprint density at radius 3 is 2.30 bits per heavy atom. The third-order valence-electron chi connectivity index (χ3n) is 4.44. The molecule has 3 atom stereocenters. The number of hydrogen-bond acceptors (Lipinski definition) is 6. The summed E-state index contributed by atoms with van der Waals surface area (Å²) in [5.74, 6) is -1.07. The van der Waals surface area contributed by atoms with E-state index in [0.29, 0.717) is 25.7 Å². The molecule has 0 radical (unpaired) electrons. The molecule has 30 heavy (non-hydrogen) atoms. The van der Waals surface area contributed by atoms with E-state index in [1.807, 2.05) is 0 Å². The first kappa shape index (κ1) is 24.9. The first-order chi connectivity index (χ1) is 14.1. The average Bonchev–Trinajstić information content (AvgIpc) is 2.69. The molecule has 0 bridgehead atoms. The molecule has 1 rings (SSSR count). The van der Waals surface area contributed by atoms with Gasteiger partial charge in [0.05, 0.1) is 12.1 Å². The fourth-order valence-electron chi connectivity index (χ4n) is 2.74. The van der Waals surface area contributed by atoms with Gasteiger partial charge in [0.2, 0.25) is 11.8 Å². The summed E-state index contributed by atoms with van der Waals surface area (Å²) in [5, 5.41) is 14.6. The Labute approximate surface area is 176 Å². The lowest BCUT2D eigenvalue weighted by molar-refractivity contribution is -0.131. The minimum Gasteiger partial charge on any atom is -0.508 e. The largest absolute Gasteiger partial charge is 0.508 e. The second-order valence-corrected chi connectivity index (χ2v) is 7.41. The predicted molar refractivity (Wildman–Crippen MR) is 114 cm³/mol. The lowest BCUT2D eigenvalue weighted by Crippen LogP contribution is -2.55. The fourth-order valence-corrected chi connectivity index (χ4v) is 2.74. The van der Waals surface area contributed by atoms with Crippen molar-refractivity contribution in [1.82, 2.24) is 10.6 Å². The number of aldehydes is 1. The number of aromatic hydroxyl groups is 1. The van der Waals surface area contributed by atoms with Crippen LogP contribution in [-0.4, -0.2) is 53.8 Å². The molecule has 0 saturated heterocycles. The summed E-state index contributed by atoms with van der Waals surface area (Å²) >= 11 is 0. The maximum Gasteiger partial charge on any atom is 0.243 e. The first-order valence-corrected chi connectivity index (χ1v) is 9.79. The normalized spacial score (nSPS) is 13.7. The van der Waals surface area contributed by atoms with E-state index in [-0.39, 0.29) is 24.0 Å². The molecule has 0 heterocycles. The van der Waals surface area contributed by atoms with Crippen LogP contribution < -0.4 is 27.8 Å². The molecule has 0 aliphatic rings. The van der Waals surface area contributed by atoms with E-state index in [4.69, 9.17) is 17.2 Å². The van der Waals surface area contributed by atoms with Crippen LogP contribution in [0.1, 0.15) is 32.3 Å². The van der Waals surface area contributed by atoms with Crippen LogP contribution in [0.5, 0.6) is 5.75 Å². The molecule has 2 amide bonds. The lowest BCUT2D eigenvalue weighted by atomic mass is 10.0. The molecule has 0 saturated carbocycles. The number of nitrogens with zero attached hydrogens (tertiary/aromatic N) is 1. The number of phenols is 1. The summed E-state index contributed by atoms with van der Waals surface area (Å²) in [6.45, 7) is 3.91. The van der Waals surface area contributed by atoms with Crippen molar-refractivity contribution >= 4 is 24.1 Å². The number of nitrogens with two attached hydrogens (primary N) is 3. The minimum absolute atomic E-state index is 0.0343. The number of rotatable bonds is 12. The van der Waals surface area contributed by atoms with E-state index in [2.05, 4.69) is 15.6 Å². The summed E-state index contributed by atoms with van der Waals surface area (Å²) in [4.78, 5) is 40.2. The Morgan fingerprint density at radius 2 is 1.77 bits per heavy atom. The highest BCUT2D eigenvalue weighted by molar-refractivity contribution is 5.91. The predicted octanol–water partition coefficient (Wildman–Crippen LogP) is -0.860. The zero-order valence-corrected chi connectivity index (χ0v) is 17.4. The van der Waals surface area contributed by atoms with E-state index < -0.39 is 29.9 Å². The van der Waals surface area contributed by atoms with Crippen molar-refractivity contribution in [3.8, 4) is 5.75 Å². The van der Waals surface area contributed by atoms with Gasteiger partial charge in [-0.05, 0) is 42.9 Å². The van der Waals surface area contributed by atoms with Crippen LogP contribution in [0.4, 0.5) is 0 Å². The number of phenolic OH excluding ortho intramolecular Hbond substituents is 1. The molecule has 0 aliphatic carbocycles. The molecule has 0 fully saturated rings. The van der Waals surface area contributed by atoms with Crippen molar-refractivity contribution in [2.24, 2.45) is 28.1 Å². The summed E-state index contributed by atoms with van der Waals surface area (Å²) in [6, 6.07) is 3.94. The van der Waals surface area contributed by atoms with Crippen LogP contribution >= 0.6 is 0 Å². The van der Waals surface area contributed by atoms with Gasteiger partial charge in [0.15, 0.2) is 5.96 Å². The van der Waals surface area contributed by atoms with E-state index in [9.17, 15) is 19.5 Å². The second-order valence-electron chi connectivity index (χ2n) is 7.41. The lowest BCUT2D eigenvalue weighted by Gasteiger charge is -2.25. The summed E-state index contributed by atoms with van der Waals surface area (Å²) in [6.07, 6.45) is 1.77. The molecule has 0 unspecified atom stereocenters. The first-order valence-electron chi connectivity index (χ1n) is 9.79. The zero-order chi connectivity index (χ0) is 22.7. The van der Waals surface area contributed by atoms with Crippen LogP contribution in [0.15, 0.2) is 29.3 Å². The molecule has 10 heteroatoms. The summed E-state index contributed by atoms with van der Waals surface area (Å²) in [5.41, 5.74) is 17.3. The van der Waals surface area contributed by atoms with E-state index >= 15 is 0 Å². The van der Waals surface area contributed by atoms with Gasteiger partial charge < -0.3 is 37.7 Å². The smallest absolute Gasteiger partial charge is 0.243 e. The van der Waals surface area contributed by atoms with Crippen molar-refractivity contribution in [3.63, 3.8) is 0 Å². The number of nitrogens with one attached hydrogen (secondary N) is 2. The third-order valence-corrected chi connectivity index (χ3v) is 4.44. The number of aliphatic imine (C=N–C) groups is 1. The third kappa shape index (κ3) is 8.91. The van der Waals surface area contributed by atoms with Gasteiger partial charge in [0.1, 0.15) is 18.1 Å². The fraction of sp³-hybridized carbons (Fsp3) is 0.500. The van der Waals surface area contributed by atoms with Gasteiger partial charge in [-0.1, -0.05) is 26.0 Å². The monoisotopic (exact) mass is 420 g/mol. The molecule has 1 aromatic rings. The second kappa shape index (κ2) is 12.4. The highest BCUT2D eigenvalue weighted by atomic mass is 16.3. The van der Waals surface area contributed by atoms with Gasteiger partial charge in [-0.25, -0.2) is 0 Å². The van der Waals surface area contributed by atoms with Crippen LogP contribution in [0, 0.1) is 5.92 Å². The molecule has 9 N–H and O–H groups in total. The Balaban J connectivity index is 2.64. The van der Waals surface area contributed by atoms with Gasteiger partial charge in [-0.3, -0.25) is 14.6 Å². The molecule has 1 aromatic carbocycles. The molecular formula is C20H32N6O4. The number of carbonyl (C=O) groups excluding carboxylic acids is 3. The number of hydrogen-bond donors (Lipinski definition) is 6. The summed E-state index contributed by atoms with van der Waals surface area (Å²) in [7, 11) is 0. The highest BCUT2D eigenvalue weighted by Gasteiger charge is 2.28. The molecule has 0 aromatic heterocycles. The van der Waals surface area contributed by atoms with Gasteiger partial charge in [-0.15, -0.1) is 0 Å². The Bertz CT molecular complexity index is 731. The molecule has 0 aliphatic heterocycles. The highest BCUT2D eigenvalue weighted by Crippen LogP contribution is 2.11. The van der Waals surface area contributed by atoms with E-state index in [1.165, 1.54) is 12.1 Å². The van der Waals surface area contributed by atoms with Gasteiger partial charge in [0.25, 0.3) is 0 Å². The quantitative estimate of drug-likeness (QED) is 0.110. The molecule has 0 spiro atoms. The maximum atomic E-state index is 12.6.